The molecule has 1 spiro atoms. The lowest BCUT2D eigenvalue weighted by Gasteiger charge is -2.36. The number of fused-ring (bicyclic) bond motifs is 1. The van der Waals surface area contributed by atoms with E-state index in [1.807, 2.05) is 6.92 Å². The molecule has 3 rings (SSSR count). The molecule has 23 heavy (non-hydrogen) atoms. The number of aliphatic carboxylic acids is 1. The van der Waals surface area contributed by atoms with Crippen molar-refractivity contribution in [1.29, 1.82) is 0 Å². The molecule has 1 unspecified atom stereocenters. The highest BCUT2D eigenvalue weighted by molar-refractivity contribution is 8.01. The molecule has 3 atom stereocenters. The first-order valence-electron chi connectivity index (χ1n) is 7.46. The number of carbonyl (C=O) groups excluding carboxylic acids is 3. The zero-order valence-electron chi connectivity index (χ0n) is 13.2. The summed E-state index contributed by atoms with van der Waals surface area (Å²) >= 11 is 1.36. The number of urea groups is 1. The van der Waals surface area contributed by atoms with Gasteiger partial charge in [0.2, 0.25) is 5.91 Å². The van der Waals surface area contributed by atoms with Crippen molar-refractivity contribution in [3.8, 4) is 0 Å². The molecule has 3 aliphatic heterocycles. The highest BCUT2D eigenvalue weighted by Gasteiger charge is 2.68. The number of rotatable bonds is 2. The topological polar surface area (TPSA) is 98.2 Å². The van der Waals surface area contributed by atoms with Crippen molar-refractivity contribution in [3.05, 3.63) is 0 Å². The molecule has 0 aromatic carbocycles. The minimum Gasteiger partial charge on any atom is -0.480 e. The SMILES string of the molecule is CC[C@@]12CC3(CN1C(=O)N(C)C2=O)SC[C@H](C(=O)O)N3C(C)=O. The molecular formula is C14H19N3O5S. The van der Waals surface area contributed by atoms with Crippen molar-refractivity contribution in [2.45, 2.75) is 43.1 Å². The summed E-state index contributed by atoms with van der Waals surface area (Å²) in [5.74, 6) is -1.41. The molecule has 0 aliphatic carbocycles. The lowest BCUT2D eigenvalue weighted by Crippen LogP contribution is -2.54. The fourth-order valence-electron chi connectivity index (χ4n) is 4.10. The van der Waals surface area contributed by atoms with Crippen LogP contribution < -0.4 is 0 Å². The van der Waals surface area contributed by atoms with Crippen molar-refractivity contribution in [3.63, 3.8) is 0 Å². The molecule has 0 radical (unpaired) electrons. The van der Waals surface area contributed by atoms with Crippen molar-refractivity contribution in [2.75, 3.05) is 19.3 Å². The molecule has 3 saturated heterocycles. The third-order valence-electron chi connectivity index (χ3n) is 5.18. The van der Waals surface area contributed by atoms with Crippen LogP contribution in [0.4, 0.5) is 4.79 Å². The Kier molecular flexibility index (Phi) is 3.40. The Balaban J connectivity index is 2.04. The van der Waals surface area contributed by atoms with Gasteiger partial charge in [0.1, 0.15) is 16.5 Å². The van der Waals surface area contributed by atoms with Gasteiger partial charge in [-0.15, -0.1) is 11.8 Å². The summed E-state index contributed by atoms with van der Waals surface area (Å²) in [7, 11) is 1.46. The molecule has 0 aromatic heterocycles. The summed E-state index contributed by atoms with van der Waals surface area (Å²) in [6, 6.07) is -1.30. The van der Waals surface area contributed by atoms with Gasteiger partial charge in [0.25, 0.3) is 5.91 Å². The number of imide groups is 1. The molecule has 3 heterocycles. The van der Waals surface area contributed by atoms with E-state index >= 15 is 0 Å². The lowest BCUT2D eigenvalue weighted by atomic mass is 9.90. The van der Waals surface area contributed by atoms with E-state index in [2.05, 4.69) is 0 Å². The van der Waals surface area contributed by atoms with Crippen LogP contribution in [0.1, 0.15) is 26.7 Å². The van der Waals surface area contributed by atoms with Gasteiger partial charge in [-0.1, -0.05) is 6.92 Å². The summed E-state index contributed by atoms with van der Waals surface area (Å²) in [4.78, 5) is 51.7. The van der Waals surface area contributed by atoms with Gasteiger partial charge in [0.05, 0.1) is 6.54 Å². The molecule has 3 aliphatic rings. The molecule has 3 fully saturated rings. The van der Waals surface area contributed by atoms with Crippen LogP contribution in [-0.2, 0) is 14.4 Å². The largest absolute Gasteiger partial charge is 0.480 e. The van der Waals surface area contributed by atoms with Crippen LogP contribution in [0.5, 0.6) is 0 Å². The van der Waals surface area contributed by atoms with Gasteiger partial charge in [-0.05, 0) is 6.42 Å². The second kappa shape index (κ2) is 4.86. The van der Waals surface area contributed by atoms with Crippen LogP contribution in [0, 0.1) is 0 Å². The van der Waals surface area contributed by atoms with Gasteiger partial charge in [0.15, 0.2) is 0 Å². The van der Waals surface area contributed by atoms with Crippen LogP contribution in [0.2, 0.25) is 0 Å². The fraction of sp³-hybridized carbons (Fsp3) is 0.714. The Morgan fingerprint density at radius 3 is 2.52 bits per heavy atom. The molecule has 0 aromatic rings. The number of hydrogen-bond donors (Lipinski definition) is 1. The van der Waals surface area contributed by atoms with E-state index in [4.69, 9.17) is 0 Å². The molecular weight excluding hydrogens is 322 g/mol. The summed E-state index contributed by atoms with van der Waals surface area (Å²) in [5.41, 5.74) is -0.972. The summed E-state index contributed by atoms with van der Waals surface area (Å²) in [6.07, 6.45) is 0.715. The van der Waals surface area contributed by atoms with Gasteiger partial charge in [0, 0.05) is 26.1 Å². The smallest absolute Gasteiger partial charge is 0.327 e. The van der Waals surface area contributed by atoms with E-state index < -0.39 is 22.4 Å². The maximum atomic E-state index is 12.6. The summed E-state index contributed by atoms with van der Waals surface area (Å²) in [5, 5.41) is 9.38. The van der Waals surface area contributed by atoms with Gasteiger partial charge in [-0.3, -0.25) is 14.5 Å². The zero-order chi connectivity index (χ0) is 17.2. The summed E-state index contributed by atoms with van der Waals surface area (Å²) in [6.45, 7) is 3.36. The van der Waals surface area contributed by atoms with E-state index in [9.17, 15) is 24.3 Å². The molecule has 0 saturated carbocycles. The Labute approximate surface area is 137 Å². The molecule has 0 bridgehead atoms. The number of nitrogens with zero attached hydrogens (tertiary/aromatic N) is 3. The average Bonchev–Trinajstić information content (AvgIpc) is 3.08. The van der Waals surface area contributed by atoms with E-state index in [-0.39, 0.29) is 36.6 Å². The van der Waals surface area contributed by atoms with E-state index in [1.54, 1.807) is 0 Å². The van der Waals surface area contributed by atoms with Gasteiger partial charge in [-0.2, -0.15) is 0 Å². The highest BCUT2D eigenvalue weighted by Crippen LogP contribution is 2.54. The Morgan fingerprint density at radius 2 is 2.04 bits per heavy atom. The molecule has 9 heteroatoms. The minimum atomic E-state index is -1.06. The number of carboxylic acid groups (broad SMARTS) is 1. The van der Waals surface area contributed by atoms with E-state index in [0.29, 0.717) is 6.42 Å². The number of carbonyl (C=O) groups is 4. The number of carboxylic acids is 1. The normalized spacial score (nSPS) is 36.3. The monoisotopic (exact) mass is 341 g/mol. The maximum Gasteiger partial charge on any atom is 0.327 e. The van der Waals surface area contributed by atoms with Crippen LogP contribution in [-0.4, -0.2) is 79.4 Å². The number of amides is 4. The third kappa shape index (κ3) is 1.85. The fourth-order valence-corrected chi connectivity index (χ4v) is 5.82. The summed E-state index contributed by atoms with van der Waals surface area (Å²) < 4.78 is 0. The molecule has 8 nitrogen and oxygen atoms in total. The number of thioether (sulfide) groups is 1. The average molecular weight is 341 g/mol. The minimum absolute atomic E-state index is 0.184. The van der Waals surface area contributed by atoms with Crippen LogP contribution in [0.15, 0.2) is 0 Å². The lowest BCUT2D eigenvalue weighted by molar-refractivity contribution is -0.150. The van der Waals surface area contributed by atoms with Crippen molar-refractivity contribution in [1.82, 2.24) is 14.7 Å². The van der Waals surface area contributed by atoms with E-state index in [1.165, 1.54) is 35.5 Å². The van der Waals surface area contributed by atoms with Crippen LogP contribution >= 0.6 is 11.8 Å². The molecule has 1 N–H and O–H groups in total. The standard InChI is InChI=1S/C14H19N3O5S/c1-4-13-6-14(7-16(13)12(22)15(3)11(13)21)17(8(2)18)9(5-23-14)10(19)20/h9H,4-7H2,1-3H3,(H,19,20)/t9-,13+,14?/m1/s1. The van der Waals surface area contributed by atoms with Crippen molar-refractivity contribution >= 4 is 35.6 Å². The van der Waals surface area contributed by atoms with Crippen LogP contribution in [0.25, 0.3) is 0 Å². The maximum absolute atomic E-state index is 12.6. The number of likely N-dealkylation sites (N-methyl/N-ethyl adjacent to an activating group) is 1. The second-order valence-corrected chi connectivity index (χ2v) is 7.68. The first-order chi connectivity index (χ1) is 10.7. The number of hydrogen-bond acceptors (Lipinski definition) is 5. The van der Waals surface area contributed by atoms with Gasteiger partial charge >= 0.3 is 12.0 Å². The zero-order valence-corrected chi connectivity index (χ0v) is 14.1. The predicted molar refractivity (Wildman–Crippen MR) is 81.6 cm³/mol. The molecule has 126 valence electrons. The third-order valence-corrected chi connectivity index (χ3v) is 6.67. The first kappa shape index (κ1) is 16.1. The molecule has 4 amide bonds. The van der Waals surface area contributed by atoms with E-state index in [0.717, 1.165) is 4.90 Å². The van der Waals surface area contributed by atoms with Gasteiger partial charge in [-0.25, -0.2) is 9.59 Å². The first-order valence-corrected chi connectivity index (χ1v) is 8.45. The van der Waals surface area contributed by atoms with Crippen molar-refractivity contribution < 1.29 is 24.3 Å². The van der Waals surface area contributed by atoms with Crippen molar-refractivity contribution in [2.24, 2.45) is 0 Å². The Morgan fingerprint density at radius 1 is 1.39 bits per heavy atom. The highest BCUT2D eigenvalue weighted by atomic mass is 32.2. The van der Waals surface area contributed by atoms with Crippen LogP contribution in [0.3, 0.4) is 0 Å². The van der Waals surface area contributed by atoms with Gasteiger partial charge < -0.3 is 14.9 Å². The quantitative estimate of drug-likeness (QED) is 0.720. The predicted octanol–water partition coefficient (Wildman–Crippen LogP) is 0.178. The Hall–Kier alpha value is -1.77. The second-order valence-electron chi connectivity index (χ2n) is 6.30. The Bertz CT molecular complexity index is 626.